The Balaban J connectivity index is 0.000000173. The van der Waals surface area contributed by atoms with Gasteiger partial charge in [-0.25, -0.2) is 60.4 Å². The number of aromatic hydroxyl groups is 1. The lowest BCUT2D eigenvalue weighted by molar-refractivity contribution is 0.0995. The van der Waals surface area contributed by atoms with Crippen molar-refractivity contribution in [2.75, 3.05) is 45.2 Å². The van der Waals surface area contributed by atoms with Gasteiger partial charge in [0.25, 0.3) is 0 Å². The smallest absolute Gasteiger partial charge is 0.417 e. The monoisotopic (exact) mass is 2220 g/mol. The number of primary amides is 1. The lowest BCUT2D eigenvalue weighted by Gasteiger charge is -2.20. The molecule has 41 heteroatoms. The highest BCUT2D eigenvalue weighted by Gasteiger charge is 2.38. The molecule has 6 heterocycles. The molecule has 137 heavy (non-hydrogen) atoms. The van der Waals surface area contributed by atoms with Gasteiger partial charge in [0.2, 0.25) is 40.9 Å². The fraction of sp³-hybridized carbons (Fsp3) is 0.219. The van der Waals surface area contributed by atoms with Crippen molar-refractivity contribution < 1.29 is 93.4 Å². The van der Waals surface area contributed by atoms with Gasteiger partial charge in [-0.3, -0.25) is 14.4 Å². The zero-order valence-electron chi connectivity index (χ0n) is 74.6. The number of ether oxygens (including phenoxy) is 7. The van der Waals surface area contributed by atoms with Crippen LogP contribution >= 0.6 is 91.3 Å². The molecule has 0 saturated carbocycles. The molecular weight excluding hydrogens is 2140 g/mol. The number of aryl methyl sites for hydroxylation is 3. The highest BCUT2D eigenvalue weighted by Crippen LogP contribution is 2.37. The maximum Gasteiger partial charge on any atom is 0.417 e. The predicted octanol–water partition coefficient (Wildman–Crippen LogP) is 25.5. The van der Waals surface area contributed by atoms with E-state index >= 15 is 0 Å². The lowest BCUT2D eigenvalue weighted by atomic mass is 10.1. The summed E-state index contributed by atoms with van der Waals surface area (Å²) in [5.41, 5.74) is 8.66. The second kappa shape index (κ2) is 50.5. The topological polar surface area (TPSA) is 363 Å². The zero-order valence-corrected chi connectivity index (χ0v) is 83.3. The summed E-state index contributed by atoms with van der Waals surface area (Å²) in [5, 5.41) is 15.4. The van der Waals surface area contributed by atoms with Gasteiger partial charge in [-0.1, -0.05) is 45.0 Å². The summed E-state index contributed by atoms with van der Waals surface area (Å²) >= 11 is 21.7. The number of halogens is 12. The van der Waals surface area contributed by atoms with E-state index in [1.807, 2.05) is 83.1 Å². The third-order valence-electron chi connectivity index (χ3n) is 19.6. The van der Waals surface area contributed by atoms with Gasteiger partial charge in [-0.15, -0.1) is 0 Å². The molecule has 4 amide bonds. The molecule has 0 aliphatic carbocycles. The molecule has 13 aromatic rings. The molecule has 3 aliphatic rings. The average molecular weight is 2220 g/mol. The number of ketones is 2. The molecule has 714 valence electrons. The summed E-state index contributed by atoms with van der Waals surface area (Å²) < 4.78 is 117. The summed E-state index contributed by atoms with van der Waals surface area (Å²) in [4.78, 5) is 111. The number of hydrogen-bond acceptors (Lipinski definition) is 25. The second-order valence-electron chi connectivity index (χ2n) is 29.7. The van der Waals surface area contributed by atoms with Gasteiger partial charge < -0.3 is 54.6 Å². The first-order valence-electron chi connectivity index (χ1n) is 41.7. The Morgan fingerprint density at radius 1 is 0.401 bits per heavy atom. The van der Waals surface area contributed by atoms with E-state index in [-0.39, 0.29) is 106 Å². The Hall–Kier alpha value is -13.3. The molecule has 0 unspecified atom stereocenters. The number of rotatable bonds is 23. The second-order valence-corrected chi connectivity index (χ2v) is 34.3. The maximum absolute atomic E-state index is 13.3. The first kappa shape index (κ1) is 106. The highest BCUT2D eigenvalue weighted by molar-refractivity contribution is 9.11. The maximum atomic E-state index is 13.3. The van der Waals surface area contributed by atoms with Crippen LogP contribution in [0.25, 0.3) is 0 Å². The molecule has 10 aromatic carbocycles. The number of nitrogens with zero attached hydrogens (tertiary/aromatic N) is 12. The molecule has 3 saturated heterocycles. The summed E-state index contributed by atoms with van der Waals surface area (Å²) in [6.45, 7) is 19.0. The molecule has 16 rings (SSSR count). The molecule has 0 radical (unpaired) electrons. The molecule has 5 N–H and O–H groups in total. The van der Waals surface area contributed by atoms with Crippen molar-refractivity contribution >= 4 is 157 Å². The molecule has 5 atom stereocenters. The van der Waals surface area contributed by atoms with Crippen LogP contribution in [0.15, 0.2) is 235 Å². The van der Waals surface area contributed by atoms with Crippen molar-refractivity contribution in [3.05, 3.63) is 320 Å². The number of anilines is 5. The number of Topliss-reactive ketones (excluding diaryl/α,β-unsaturated/α-hetero) is 2. The van der Waals surface area contributed by atoms with E-state index in [1.165, 1.54) is 132 Å². The number of benzene rings is 10. The van der Waals surface area contributed by atoms with Gasteiger partial charge in [0.05, 0.1) is 52.6 Å². The van der Waals surface area contributed by atoms with Gasteiger partial charge in [-0.2, -0.15) is 39.9 Å². The van der Waals surface area contributed by atoms with Crippen LogP contribution in [0.3, 0.4) is 0 Å². The quantitative estimate of drug-likeness (QED) is 0.0262. The van der Waals surface area contributed by atoms with Gasteiger partial charge in [0.15, 0.2) is 11.6 Å². The van der Waals surface area contributed by atoms with Gasteiger partial charge in [0, 0.05) is 16.7 Å². The summed E-state index contributed by atoms with van der Waals surface area (Å²) in [7, 11) is 0. The minimum atomic E-state index is -0.496. The van der Waals surface area contributed by atoms with Crippen LogP contribution in [0, 0.1) is 55.7 Å². The molecule has 0 spiro atoms. The molecule has 3 aliphatic heterocycles. The fourth-order valence-corrected chi connectivity index (χ4v) is 14.7. The Labute approximate surface area is 830 Å². The van der Waals surface area contributed by atoms with E-state index in [9.17, 15) is 55.1 Å². The summed E-state index contributed by atoms with van der Waals surface area (Å²) in [6.07, 6.45) is 0.906. The minimum Gasteiger partial charge on any atom is -0.507 e. The Morgan fingerprint density at radius 2 is 0.672 bits per heavy atom. The number of carbonyl (C=O) groups excluding carboxylic acids is 6. The standard InChI is InChI=1S/2C23H23BrFN5O3.C14H10BrFO2.C13H9BrFNO2.C9H11ClN4O2.C8H7FO.C6H4BrFO/c2*1-4-17-12-32-23(31)30(17)22-28-14(3)27-21(29-22)26-13(2)15-5-8-18(9-6-15)33-20-10-7-16(25)11-19(20)24;1-9(17)10-2-5-12(6-3-10)18-14-7-4-11(16)8-13(14)15;14-11-7-9(15)3-6-12(11)18-10-4-1-8(2-5-10)13(16)17;1-3-6-4-16-9(15)14(6)8-12-5(2)11-7(10)13-8;1-6(10)7-2-4-8(9)5-3-7;7-5-3-4(8)1-2-6(5)9/h2*5-11,13,17H,4,12H2,1-3H3,(H,26,27,28,29);2-8H,1H3;1-7H,(H2,16,17);6H,3-4H2,1-2H3;2-5H,1H3;1-3,9H/t13-,17+;13-,17-;;;6-;;/m10..0../s1. The lowest BCUT2D eigenvalue weighted by Crippen LogP contribution is -2.34. The number of phenolic OH excluding ortho intramolecular Hbond substituents is 1. The van der Waals surface area contributed by atoms with Crippen molar-refractivity contribution in [2.24, 2.45) is 5.73 Å². The van der Waals surface area contributed by atoms with Crippen molar-refractivity contribution in [3.63, 3.8) is 0 Å². The molecule has 3 aromatic heterocycles. The summed E-state index contributed by atoms with van der Waals surface area (Å²) in [5.74, 6) is 4.93. The van der Waals surface area contributed by atoms with Crippen molar-refractivity contribution in [2.45, 2.75) is 119 Å². The van der Waals surface area contributed by atoms with E-state index in [4.69, 9.17) is 55.6 Å². The van der Waals surface area contributed by atoms with Crippen LogP contribution in [-0.2, 0) is 14.2 Å². The number of nitrogens with two attached hydrogens (primary N) is 1. The average Bonchev–Trinajstić information content (AvgIpc) is 1.71. The number of cyclic esters (lactones) is 3. The van der Waals surface area contributed by atoms with Gasteiger partial charge in [-0.05, 0) is 358 Å². The van der Waals surface area contributed by atoms with Crippen molar-refractivity contribution in [1.29, 1.82) is 0 Å². The number of aromatic nitrogens is 9. The van der Waals surface area contributed by atoms with Crippen molar-refractivity contribution in [3.8, 4) is 51.7 Å². The van der Waals surface area contributed by atoms with E-state index in [0.717, 1.165) is 30.4 Å². The normalized spacial score (nSPS) is 14.2. The zero-order chi connectivity index (χ0) is 99.4. The van der Waals surface area contributed by atoms with E-state index in [0.29, 0.717) is 134 Å². The fourth-order valence-electron chi connectivity index (χ4n) is 12.4. The number of phenols is 1. The van der Waals surface area contributed by atoms with Crippen LogP contribution in [0.5, 0.6) is 51.7 Å². The number of nitrogens with one attached hydrogen (secondary N) is 2. The van der Waals surface area contributed by atoms with Crippen LogP contribution in [0.4, 0.5) is 70.5 Å². The van der Waals surface area contributed by atoms with Crippen LogP contribution in [0.2, 0.25) is 5.28 Å². The molecule has 3 fully saturated rings. The van der Waals surface area contributed by atoms with Crippen LogP contribution in [0.1, 0.15) is 139 Å². The van der Waals surface area contributed by atoms with E-state index in [1.54, 1.807) is 81.4 Å². The molecule has 0 bridgehead atoms. The Morgan fingerprint density at radius 3 is 0.949 bits per heavy atom. The SMILES string of the molecule is CC(=O)c1ccc(F)cc1.CC(=O)c1ccc(Oc2ccc(F)cc2Br)cc1.CC[C@H]1COC(=O)N1c1nc(C)nc(Cl)n1.CC[C@H]1COC(=O)N1c1nc(C)nc(N[C@@H](C)c2ccc(Oc3ccc(F)cc3Br)cc2)n1.CC[C@H]1COC(=O)N1c1nc(C)nc(N[C@H](C)c2ccc(Oc3ccc(F)cc3Br)cc2)n1.NC(=O)c1ccc(Oc2ccc(F)cc2Br)cc1.Oc1ccc(F)cc1Br. The Bertz CT molecular complexity index is 6110. The largest absolute Gasteiger partial charge is 0.507 e. The number of carbonyl (C=O) groups is 6. The third kappa shape index (κ3) is 31.4. The van der Waals surface area contributed by atoms with Crippen LogP contribution in [-0.4, -0.2) is 124 Å². The van der Waals surface area contributed by atoms with E-state index in [2.05, 4.69) is 135 Å². The molecule has 29 nitrogen and oxygen atoms in total. The van der Waals surface area contributed by atoms with Crippen molar-refractivity contribution in [1.82, 2.24) is 44.9 Å². The van der Waals surface area contributed by atoms with E-state index < -0.39 is 24.2 Å². The first-order chi connectivity index (χ1) is 65.3. The molecular formula is C96H87Br5ClF6N15O14. The predicted molar refractivity (Wildman–Crippen MR) is 520 cm³/mol. The van der Waals surface area contributed by atoms with Crippen LogP contribution < -0.4 is 50.0 Å². The third-order valence-corrected chi connectivity index (χ3v) is 22.9. The van der Waals surface area contributed by atoms with Gasteiger partial charge >= 0.3 is 18.3 Å². The highest BCUT2D eigenvalue weighted by atomic mass is 79.9. The summed E-state index contributed by atoms with van der Waals surface area (Å²) in [6, 6.07) is 53.7. The number of amides is 4. The number of hydrogen-bond donors (Lipinski definition) is 4. The Kier molecular flexibility index (Phi) is 39.0. The first-order valence-corrected chi connectivity index (χ1v) is 46.0. The minimum absolute atomic E-state index is 0.00418. The van der Waals surface area contributed by atoms with Gasteiger partial charge in [0.1, 0.15) is 124 Å².